The number of nitrogens with zero attached hydrogens (tertiary/aromatic N) is 1. The maximum atomic E-state index is 13.2. The summed E-state index contributed by atoms with van der Waals surface area (Å²) in [5, 5.41) is 13.8. The second-order valence-electron chi connectivity index (χ2n) is 6.17. The molecule has 0 amide bonds. The van der Waals surface area contributed by atoms with Gasteiger partial charge in [-0.25, -0.2) is 0 Å². The quantitative estimate of drug-likeness (QED) is 0.515. The van der Waals surface area contributed by atoms with Crippen molar-refractivity contribution in [3.8, 4) is 0 Å². The van der Waals surface area contributed by atoms with Crippen molar-refractivity contribution in [1.82, 2.24) is 5.32 Å². The highest BCUT2D eigenvalue weighted by Gasteiger charge is 2.50. The zero-order valence-electron chi connectivity index (χ0n) is 12.0. The maximum Gasteiger partial charge on any atom is 0.270 e. The number of nitro benzene ring substituents is 1. The van der Waals surface area contributed by atoms with Crippen molar-refractivity contribution in [2.75, 3.05) is 6.61 Å². The van der Waals surface area contributed by atoms with Crippen LogP contribution in [0.5, 0.6) is 0 Å². The van der Waals surface area contributed by atoms with Gasteiger partial charge in [-0.2, -0.15) is 0 Å². The minimum atomic E-state index is -3.23. The summed E-state index contributed by atoms with van der Waals surface area (Å²) < 4.78 is 18.9. The van der Waals surface area contributed by atoms with Gasteiger partial charge in [-0.15, -0.1) is 0 Å². The molecule has 1 aliphatic heterocycles. The summed E-state index contributed by atoms with van der Waals surface area (Å²) in [4.78, 5) is 10.4. The molecule has 0 aromatic heterocycles. The van der Waals surface area contributed by atoms with Gasteiger partial charge in [0.05, 0.1) is 16.8 Å². The van der Waals surface area contributed by atoms with Gasteiger partial charge in [-0.3, -0.25) is 20.0 Å². The van der Waals surface area contributed by atoms with Crippen LogP contribution >= 0.6 is 7.37 Å². The summed E-state index contributed by atoms with van der Waals surface area (Å²) in [7, 11) is -3.23. The van der Waals surface area contributed by atoms with E-state index < -0.39 is 17.6 Å². The third-order valence-corrected chi connectivity index (χ3v) is 6.40. The smallest absolute Gasteiger partial charge is 0.270 e. The molecule has 2 rings (SSSR count). The fourth-order valence-electron chi connectivity index (χ4n) is 2.54. The molecule has 7 heteroatoms. The van der Waals surface area contributed by atoms with Crippen molar-refractivity contribution in [2.24, 2.45) is 0 Å². The predicted molar refractivity (Wildman–Crippen MR) is 77.6 cm³/mol. The highest BCUT2D eigenvalue weighted by molar-refractivity contribution is 7.68. The molecule has 0 radical (unpaired) electrons. The van der Waals surface area contributed by atoms with Crippen LogP contribution in [-0.2, 0) is 9.09 Å². The molecular formula is C13H19N2O4P. The predicted octanol–water partition coefficient (Wildman–Crippen LogP) is 2.63. The Balaban J connectivity index is 2.48. The average molecular weight is 298 g/mol. The molecule has 0 bridgehead atoms. The monoisotopic (exact) mass is 298 g/mol. The van der Waals surface area contributed by atoms with Crippen molar-refractivity contribution in [3.05, 3.63) is 34.4 Å². The molecule has 0 spiro atoms. The summed E-state index contributed by atoms with van der Waals surface area (Å²) in [6.07, 6.45) is 0. The Hall–Kier alpha value is -1.23. The zero-order valence-corrected chi connectivity index (χ0v) is 12.9. The van der Waals surface area contributed by atoms with Crippen LogP contribution < -0.4 is 10.6 Å². The van der Waals surface area contributed by atoms with E-state index in [0.29, 0.717) is 5.30 Å². The second kappa shape index (κ2) is 4.65. The third-order valence-electron chi connectivity index (χ3n) is 3.37. The van der Waals surface area contributed by atoms with E-state index >= 15 is 0 Å². The van der Waals surface area contributed by atoms with E-state index in [0.717, 1.165) is 0 Å². The van der Waals surface area contributed by atoms with Gasteiger partial charge in [0.15, 0.2) is 0 Å². The number of hydrogen-bond acceptors (Lipinski definition) is 5. The summed E-state index contributed by atoms with van der Waals surface area (Å²) in [6, 6.07) is 5.87. The molecule has 6 nitrogen and oxygen atoms in total. The van der Waals surface area contributed by atoms with Gasteiger partial charge >= 0.3 is 0 Å². The van der Waals surface area contributed by atoms with E-state index in [2.05, 4.69) is 5.32 Å². The summed E-state index contributed by atoms with van der Waals surface area (Å²) in [5.74, 6) is 0. The van der Waals surface area contributed by atoms with Crippen molar-refractivity contribution in [1.29, 1.82) is 0 Å². The number of non-ortho nitro benzene ring substituents is 1. The first kappa shape index (κ1) is 15.2. The molecule has 0 saturated carbocycles. The van der Waals surface area contributed by atoms with Gasteiger partial charge < -0.3 is 4.52 Å². The van der Waals surface area contributed by atoms with Crippen LogP contribution in [0.15, 0.2) is 24.3 Å². The van der Waals surface area contributed by atoms with Crippen molar-refractivity contribution < 1.29 is 14.0 Å². The Bertz CT molecular complexity index is 598. The number of nitro groups is 1. The number of nitrogens with one attached hydrogen (secondary N) is 1. The molecule has 1 heterocycles. The van der Waals surface area contributed by atoms with Crippen LogP contribution in [0.3, 0.4) is 0 Å². The lowest BCUT2D eigenvalue weighted by molar-refractivity contribution is -0.384. The molecule has 1 aromatic rings. The Labute approximate surface area is 118 Å². The molecule has 1 unspecified atom stereocenters. The largest absolute Gasteiger partial charge is 0.322 e. The normalized spacial score (nSPS) is 28.0. The van der Waals surface area contributed by atoms with Crippen LogP contribution in [-0.4, -0.2) is 22.3 Å². The number of hydrogen-bond donors (Lipinski definition) is 1. The van der Waals surface area contributed by atoms with Crippen LogP contribution in [0, 0.1) is 10.1 Å². The Morgan fingerprint density at radius 2 is 2.00 bits per heavy atom. The van der Waals surface area contributed by atoms with Crippen molar-refractivity contribution >= 4 is 18.4 Å². The van der Waals surface area contributed by atoms with Gasteiger partial charge in [-0.1, -0.05) is 6.07 Å². The molecule has 0 aliphatic carbocycles. The topological polar surface area (TPSA) is 81.5 Å². The Morgan fingerprint density at radius 3 is 2.55 bits per heavy atom. The van der Waals surface area contributed by atoms with Crippen LogP contribution in [0.1, 0.15) is 27.7 Å². The third kappa shape index (κ3) is 2.51. The first-order valence-electron chi connectivity index (χ1n) is 6.36. The average Bonchev–Trinajstić information content (AvgIpc) is 2.33. The van der Waals surface area contributed by atoms with Crippen LogP contribution in [0.25, 0.3) is 0 Å². The summed E-state index contributed by atoms with van der Waals surface area (Å²) in [6.45, 7) is 7.81. The van der Waals surface area contributed by atoms with E-state index in [1.165, 1.54) is 18.2 Å². The standard InChI is InChI=1S/C13H19N2O4P/c1-12(2)9-19-20(18,13(3,4)14-12)11-7-5-6-10(8-11)15(16)17/h5-8,14H,9H2,1-4H3. The Kier molecular flexibility index (Phi) is 3.53. The zero-order chi connectivity index (χ0) is 15.2. The van der Waals surface area contributed by atoms with Crippen LogP contribution in [0.2, 0.25) is 0 Å². The summed E-state index contributed by atoms with van der Waals surface area (Å²) in [5.41, 5.74) is -0.375. The molecule has 1 saturated heterocycles. The molecule has 110 valence electrons. The van der Waals surface area contributed by atoms with Gasteiger partial charge in [0.2, 0.25) is 0 Å². The lowest BCUT2D eigenvalue weighted by Gasteiger charge is -2.47. The minimum Gasteiger partial charge on any atom is -0.322 e. The lowest BCUT2D eigenvalue weighted by atomic mass is 10.1. The van der Waals surface area contributed by atoms with E-state index in [1.54, 1.807) is 19.9 Å². The highest BCUT2D eigenvalue weighted by atomic mass is 31.2. The SMILES string of the molecule is CC1(C)COP(=O)(c2cccc([N+](=O)[O-])c2)C(C)(C)N1. The maximum absolute atomic E-state index is 13.2. The van der Waals surface area contributed by atoms with E-state index in [4.69, 9.17) is 4.52 Å². The van der Waals surface area contributed by atoms with Crippen LogP contribution in [0.4, 0.5) is 5.69 Å². The Morgan fingerprint density at radius 1 is 1.35 bits per heavy atom. The first-order valence-corrected chi connectivity index (χ1v) is 7.99. The molecule has 1 fully saturated rings. The van der Waals surface area contributed by atoms with E-state index in [9.17, 15) is 14.7 Å². The van der Waals surface area contributed by atoms with Gasteiger partial charge in [0, 0.05) is 23.0 Å². The molecule has 1 aliphatic rings. The second-order valence-corrected chi connectivity index (χ2v) is 9.17. The van der Waals surface area contributed by atoms with Gasteiger partial charge in [0.25, 0.3) is 13.1 Å². The molecule has 1 N–H and O–H groups in total. The molecule has 1 aromatic carbocycles. The van der Waals surface area contributed by atoms with E-state index in [1.807, 2.05) is 13.8 Å². The number of rotatable bonds is 2. The minimum absolute atomic E-state index is 0.0815. The lowest BCUT2D eigenvalue weighted by Crippen LogP contribution is -2.59. The fraction of sp³-hybridized carbons (Fsp3) is 0.538. The first-order chi connectivity index (χ1) is 9.07. The highest BCUT2D eigenvalue weighted by Crippen LogP contribution is 2.59. The van der Waals surface area contributed by atoms with Crippen molar-refractivity contribution in [2.45, 2.75) is 38.5 Å². The van der Waals surface area contributed by atoms with E-state index in [-0.39, 0.29) is 17.8 Å². The number of benzene rings is 1. The molecule has 1 atom stereocenters. The fourth-order valence-corrected chi connectivity index (χ4v) is 5.19. The van der Waals surface area contributed by atoms with Gasteiger partial charge in [-0.05, 0) is 33.8 Å². The van der Waals surface area contributed by atoms with Crippen molar-refractivity contribution in [3.63, 3.8) is 0 Å². The summed E-state index contributed by atoms with van der Waals surface area (Å²) >= 11 is 0. The molecular weight excluding hydrogens is 279 g/mol. The van der Waals surface area contributed by atoms with Gasteiger partial charge in [0.1, 0.15) is 0 Å². The molecule has 20 heavy (non-hydrogen) atoms.